The molecule has 0 N–H and O–H groups in total. The third-order valence-electron chi connectivity index (χ3n) is 4.86. The summed E-state index contributed by atoms with van der Waals surface area (Å²) >= 11 is 0. The van der Waals surface area contributed by atoms with Gasteiger partial charge < -0.3 is 4.90 Å². The molecule has 116 valence electrons. The Morgan fingerprint density at radius 3 is 2.64 bits per heavy atom. The third kappa shape index (κ3) is 2.19. The van der Waals surface area contributed by atoms with Gasteiger partial charge in [-0.05, 0) is 45.1 Å². The number of fused-ring (bicyclic) bond motifs is 1. The number of rotatable bonds is 2. The maximum Gasteiger partial charge on any atom is 0.254 e. The van der Waals surface area contributed by atoms with Gasteiger partial charge in [0.1, 0.15) is 0 Å². The Morgan fingerprint density at radius 1 is 1.23 bits per heavy atom. The average molecular weight is 298 g/mol. The van der Waals surface area contributed by atoms with Crippen molar-refractivity contribution >= 4 is 16.9 Å². The fourth-order valence-electron chi connectivity index (χ4n) is 3.49. The van der Waals surface area contributed by atoms with E-state index < -0.39 is 0 Å². The van der Waals surface area contributed by atoms with E-state index in [1.807, 2.05) is 29.6 Å². The Balaban J connectivity index is 1.85. The molecule has 0 radical (unpaired) electrons. The van der Waals surface area contributed by atoms with Crippen molar-refractivity contribution in [3.8, 4) is 0 Å². The Hall–Kier alpha value is -1.91. The molecule has 0 aromatic carbocycles. The van der Waals surface area contributed by atoms with E-state index in [0.717, 1.165) is 53.9 Å². The number of nitrogens with zero attached hydrogens (tertiary/aromatic N) is 4. The minimum Gasteiger partial charge on any atom is -0.339 e. The van der Waals surface area contributed by atoms with Gasteiger partial charge in [-0.1, -0.05) is 0 Å². The van der Waals surface area contributed by atoms with E-state index in [0.29, 0.717) is 5.92 Å². The van der Waals surface area contributed by atoms with E-state index in [9.17, 15) is 4.79 Å². The summed E-state index contributed by atoms with van der Waals surface area (Å²) in [6, 6.07) is 2.03. The van der Waals surface area contributed by atoms with Crippen LogP contribution in [-0.2, 0) is 7.05 Å². The molecular weight excluding hydrogens is 276 g/mol. The normalized spacial score (nSPS) is 18.9. The summed E-state index contributed by atoms with van der Waals surface area (Å²) < 4.78 is 1.81. The van der Waals surface area contributed by atoms with Gasteiger partial charge in [0, 0.05) is 31.7 Å². The molecule has 0 spiro atoms. The first-order valence-electron chi connectivity index (χ1n) is 8.28. The van der Waals surface area contributed by atoms with Gasteiger partial charge in [-0.2, -0.15) is 5.10 Å². The zero-order valence-electron chi connectivity index (χ0n) is 13.3. The van der Waals surface area contributed by atoms with E-state index in [1.165, 1.54) is 19.3 Å². The van der Waals surface area contributed by atoms with Crippen LogP contribution in [0.25, 0.3) is 11.0 Å². The summed E-state index contributed by atoms with van der Waals surface area (Å²) in [5.74, 6) is 0.692. The van der Waals surface area contributed by atoms with Crippen LogP contribution in [0.5, 0.6) is 0 Å². The smallest absolute Gasteiger partial charge is 0.254 e. The second-order valence-electron chi connectivity index (χ2n) is 6.63. The average Bonchev–Trinajstić information content (AvgIpc) is 3.34. The quantitative estimate of drug-likeness (QED) is 0.856. The number of amides is 1. The van der Waals surface area contributed by atoms with Gasteiger partial charge in [-0.15, -0.1) is 0 Å². The molecule has 5 nitrogen and oxygen atoms in total. The molecule has 2 fully saturated rings. The van der Waals surface area contributed by atoms with Crippen molar-refractivity contribution in [2.45, 2.75) is 44.9 Å². The molecule has 0 bridgehead atoms. The molecule has 3 heterocycles. The van der Waals surface area contributed by atoms with E-state index in [1.54, 1.807) is 0 Å². The molecule has 1 aliphatic carbocycles. The minimum absolute atomic E-state index is 0.158. The zero-order chi connectivity index (χ0) is 15.3. The highest BCUT2D eigenvalue weighted by Gasteiger charge is 2.29. The van der Waals surface area contributed by atoms with Gasteiger partial charge in [0.15, 0.2) is 5.65 Å². The Kier molecular flexibility index (Phi) is 3.17. The number of aryl methyl sites for hydroxylation is 2. The number of piperidine rings is 1. The maximum absolute atomic E-state index is 13.0. The molecule has 4 rings (SSSR count). The molecule has 1 aliphatic heterocycles. The summed E-state index contributed by atoms with van der Waals surface area (Å²) in [6.45, 7) is 3.72. The molecule has 5 heteroatoms. The van der Waals surface area contributed by atoms with Crippen molar-refractivity contribution in [3.63, 3.8) is 0 Å². The highest BCUT2D eigenvalue weighted by atomic mass is 16.2. The van der Waals surface area contributed by atoms with Crippen LogP contribution in [-0.4, -0.2) is 38.7 Å². The standard InChI is InChI=1S/C17H22N4O/c1-11-15-13(17(22)21-8-4-3-5-9-21)10-14(12-6-7-12)18-16(15)20(2)19-11/h10,12H,3-9H2,1-2H3. The van der Waals surface area contributed by atoms with E-state index >= 15 is 0 Å². The summed E-state index contributed by atoms with van der Waals surface area (Å²) in [5.41, 5.74) is 3.62. The topological polar surface area (TPSA) is 51.0 Å². The summed E-state index contributed by atoms with van der Waals surface area (Å²) in [7, 11) is 1.91. The molecule has 1 saturated carbocycles. The van der Waals surface area contributed by atoms with Gasteiger partial charge in [0.05, 0.1) is 16.6 Å². The lowest BCUT2D eigenvalue weighted by Crippen LogP contribution is -2.35. The van der Waals surface area contributed by atoms with Gasteiger partial charge in [0.25, 0.3) is 5.91 Å². The minimum atomic E-state index is 0.158. The number of hydrogen-bond donors (Lipinski definition) is 0. The monoisotopic (exact) mass is 298 g/mol. The number of aromatic nitrogens is 3. The highest BCUT2D eigenvalue weighted by molar-refractivity contribution is 6.06. The molecule has 1 amide bonds. The fourth-order valence-corrected chi connectivity index (χ4v) is 3.49. The Labute approximate surface area is 130 Å². The number of hydrogen-bond acceptors (Lipinski definition) is 3. The summed E-state index contributed by atoms with van der Waals surface area (Å²) in [4.78, 5) is 19.8. The van der Waals surface area contributed by atoms with Gasteiger partial charge in [-0.3, -0.25) is 9.48 Å². The SMILES string of the molecule is Cc1nn(C)c2nc(C3CC3)cc(C(=O)N3CCCCC3)c12. The van der Waals surface area contributed by atoms with E-state index in [2.05, 4.69) is 5.10 Å². The lowest BCUT2D eigenvalue weighted by Gasteiger charge is -2.27. The van der Waals surface area contributed by atoms with Crippen LogP contribution in [0.3, 0.4) is 0 Å². The lowest BCUT2D eigenvalue weighted by atomic mass is 10.0. The number of carbonyl (C=O) groups excluding carboxylic acids is 1. The van der Waals surface area contributed by atoms with Crippen molar-refractivity contribution < 1.29 is 4.79 Å². The second-order valence-corrected chi connectivity index (χ2v) is 6.63. The first-order chi connectivity index (χ1) is 10.6. The maximum atomic E-state index is 13.0. The van der Waals surface area contributed by atoms with Crippen LogP contribution in [0.2, 0.25) is 0 Å². The molecular formula is C17H22N4O. The summed E-state index contributed by atoms with van der Waals surface area (Å²) in [5, 5.41) is 5.42. The van der Waals surface area contributed by atoms with Gasteiger partial charge in [0.2, 0.25) is 0 Å². The van der Waals surface area contributed by atoms with Crippen LogP contribution < -0.4 is 0 Å². The van der Waals surface area contributed by atoms with E-state index in [-0.39, 0.29) is 5.91 Å². The number of likely N-dealkylation sites (tertiary alicyclic amines) is 1. The molecule has 2 aromatic heterocycles. The van der Waals surface area contributed by atoms with Crippen LogP contribution in [0.1, 0.15) is 59.8 Å². The van der Waals surface area contributed by atoms with Gasteiger partial charge in [-0.25, -0.2) is 4.98 Å². The van der Waals surface area contributed by atoms with Crippen LogP contribution in [0, 0.1) is 6.92 Å². The Bertz CT molecular complexity index is 739. The first kappa shape index (κ1) is 13.7. The zero-order valence-corrected chi connectivity index (χ0v) is 13.3. The van der Waals surface area contributed by atoms with Crippen molar-refractivity contribution in [2.24, 2.45) is 7.05 Å². The molecule has 0 unspecified atom stereocenters. The number of carbonyl (C=O) groups is 1. The number of pyridine rings is 1. The molecule has 2 aliphatic rings. The van der Waals surface area contributed by atoms with Crippen molar-refractivity contribution in [1.82, 2.24) is 19.7 Å². The van der Waals surface area contributed by atoms with Crippen molar-refractivity contribution in [2.75, 3.05) is 13.1 Å². The molecule has 1 saturated heterocycles. The van der Waals surface area contributed by atoms with Gasteiger partial charge >= 0.3 is 0 Å². The first-order valence-corrected chi connectivity index (χ1v) is 8.28. The largest absolute Gasteiger partial charge is 0.339 e. The lowest BCUT2D eigenvalue weighted by molar-refractivity contribution is 0.0726. The Morgan fingerprint density at radius 2 is 1.95 bits per heavy atom. The highest BCUT2D eigenvalue weighted by Crippen LogP contribution is 2.40. The van der Waals surface area contributed by atoms with Crippen molar-refractivity contribution in [3.05, 3.63) is 23.0 Å². The predicted molar refractivity (Wildman–Crippen MR) is 85.0 cm³/mol. The van der Waals surface area contributed by atoms with E-state index in [4.69, 9.17) is 4.98 Å². The van der Waals surface area contributed by atoms with Crippen molar-refractivity contribution in [1.29, 1.82) is 0 Å². The molecule has 2 aromatic rings. The van der Waals surface area contributed by atoms with Crippen LogP contribution in [0.4, 0.5) is 0 Å². The van der Waals surface area contributed by atoms with Crippen LogP contribution in [0.15, 0.2) is 6.07 Å². The second kappa shape index (κ2) is 5.07. The predicted octanol–water partition coefficient (Wildman–Crippen LogP) is 2.78. The molecule has 22 heavy (non-hydrogen) atoms. The fraction of sp³-hybridized carbons (Fsp3) is 0.588. The third-order valence-corrected chi connectivity index (χ3v) is 4.86. The van der Waals surface area contributed by atoms with Crippen LogP contribution >= 0.6 is 0 Å². The summed E-state index contributed by atoms with van der Waals surface area (Å²) in [6.07, 6.45) is 5.83. The molecule has 0 atom stereocenters.